The molecule has 0 saturated heterocycles. The molecule has 0 aliphatic heterocycles. The summed E-state index contributed by atoms with van der Waals surface area (Å²) in [4.78, 5) is 37.7. The van der Waals surface area contributed by atoms with Crippen LogP contribution >= 0.6 is 0 Å². The highest BCUT2D eigenvalue weighted by atomic mass is 16.7. The average molecular weight is 1260 g/mol. The lowest BCUT2D eigenvalue weighted by Crippen LogP contribution is -2.40. The topological polar surface area (TPSA) is 108 Å². The van der Waals surface area contributed by atoms with Crippen LogP contribution in [0.15, 0.2) is 24.3 Å². The minimum Gasteiger partial charge on any atom is -0.477 e. The van der Waals surface area contributed by atoms with Crippen LogP contribution in [-0.2, 0) is 33.3 Å². The van der Waals surface area contributed by atoms with Gasteiger partial charge in [-0.05, 0) is 44.9 Å². The number of hydrogen-bond acceptors (Lipinski definition) is 7. The molecule has 0 saturated carbocycles. The van der Waals surface area contributed by atoms with Gasteiger partial charge in [0.15, 0.2) is 6.10 Å². The van der Waals surface area contributed by atoms with Crippen LogP contribution in [0.4, 0.5) is 0 Å². The van der Waals surface area contributed by atoms with E-state index in [1.54, 1.807) is 0 Å². The Morgan fingerprint density at radius 3 is 0.888 bits per heavy atom. The number of carboxylic acids is 1. The lowest BCUT2D eigenvalue weighted by molar-refractivity contribution is -0.870. The summed E-state index contributed by atoms with van der Waals surface area (Å²) in [7, 11) is 6.00. The first-order chi connectivity index (χ1) is 43.6. The summed E-state index contributed by atoms with van der Waals surface area (Å²) in [6.45, 7) is 4.95. The lowest BCUT2D eigenvalue weighted by atomic mass is 10.0. The molecule has 0 amide bonds. The van der Waals surface area contributed by atoms with Crippen molar-refractivity contribution in [1.29, 1.82) is 0 Å². The third-order valence-electron chi connectivity index (χ3n) is 18.2. The molecular weight excluding hydrogens is 1100 g/mol. The second-order valence-corrected chi connectivity index (χ2v) is 28.4. The highest BCUT2D eigenvalue weighted by Crippen LogP contribution is 2.20. The molecule has 0 radical (unpaired) electrons. The van der Waals surface area contributed by atoms with Crippen molar-refractivity contribution in [3.63, 3.8) is 0 Å². The third kappa shape index (κ3) is 73.1. The van der Waals surface area contributed by atoms with Gasteiger partial charge in [-0.3, -0.25) is 9.59 Å². The van der Waals surface area contributed by atoms with Gasteiger partial charge in [-0.2, -0.15) is 0 Å². The number of ether oxygens (including phenoxy) is 4. The Bertz CT molecular complexity index is 1510. The average Bonchev–Trinajstić information content (AvgIpc) is 3.64. The van der Waals surface area contributed by atoms with Crippen LogP contribution in [0.5, 0.6) is 0 Å². The molecule has 0 aliphatic rings. The maximum atomic E-state index is 13.0. The molecule has 9 heteroatoms. The first kappa shape index (κ1) is 86.8. The van der Waals surface area contributed by atoms with Crippen molar-refractivity contribution in [2.45, 2.75) is 424 Å². The molecule has 0 aromatic heterocycles. The molecule has 0 aromatic carbocycles. The summed E-state index contributed by atoms with van der Waals surface area (Å²) in [5, 5.41) is 9.76. The molecule has 0 heterocycles. The third-order valence-corrected chi connectivity index (χ3v) is 18.2. The SMILES string of the molecule is CCCCCCC/C=C\C/C=C\CCCCCCCCCCCCCCCCCC(=O)OC(COC(=O)CCCCCCCCCCCCCCCCCCCCCCCCCCCCCCCCCCCCCCC)COC(OCC[N+](C)(C)C)C(=O)O. The molecule has 2 unspecified atom stereocenters. The van der Waals surface area contributed by atoms with Gasteiger partial charge >= 0.3 is 17.9 Å². The monoisotopic (exact) mass is 1260 g/mol. The summed E-state index contributed by atoms with van der Waals surface area (Å²) >= 11 is 0. The Labute approximate surface area is 554 Å². The van der Waals surface area contributed by atoms with E-state index in [1.165, 1.54) is 340 Å². The van der Waals surface area contributed by atoms with E-state index in [0.29, 0.717) is 17.4 Å². The molecule has 2 atom stereocenters. The predicted molar refractivity (Wildman–Crippen MR) is 383 cm³/mol. The Kier molecular flexibility index (Phi) is 69.8. The van der Waals surface area contributed by atoms with E-state index in [1.807, 2.05) is 21.1 Å². The number of aliphatic carboxylic acids is 1. The second kappa shape index (κ2) is 71.6. The number of quaternary nitrogens is 1. The van der Waals surface area contributed by atoms with Crippen molar-refractivity contribution in [3.8, 4) is 0 Å². The van der Waals surface area contributed by atoms with E-state index in [0.717, 1.165) is 44.9 Å². The fourth-order valence-corrected chi connectivity index (χ4v) is 12.2. The number of esters is 2. The fourth-order valence-electron chi connectivity index (χ4n) is 12.2. The van der Waals surface area contributed by atoms with Gasteiger partial charge in [-0.15, -0.1) is 0 Å². The smallest absolute Gasteiger partial charge is 0.361 e. The standard InChI is InChI=1S/C80H153NO8/c1-6-8-10-12-14-16-18-20-22-24-26-28-30-32-34-35-36-37-38-39-40-41-42-43-45-46-48-50-52-54-56-58-60-62-64-66-68-70-77(82)87-74-76(75-88-80(79(84)85)86-73-72-81(3,4)5)89-78(83)71-69-67-65-63-61-59-57-55-53-51-49-47-44-33-31-29-27-25-23-21-19-17-15-13-11-9-7-2/h19,21,25,27,76,80H,6-18,20,22-24,26,28-75H2,1-5H3/p+1/b21-19-,27-25-. The van der Waals surface area contributed by atoms with E-state index in [2.05, 4.69) is 38.2 Å². The van der Waals surface area contributed by atoms with Gasteiger partial charge < -0.3 is 28.5 Å². The number of unbranched alkanes of at least 4 members (excludes halogenated alkanes) is 56. The van der Waals surface area contributed by atoms with Crippen molar-refractivity contribution < 1.29 is 42.9 Å². The molecule has 526 valence electrons. The van der Waals surface area contributed by atoms with Crippen LogP contribution in [-0.4, -0.2) is 87.4 Å². The van der Waals surface area contributed by atoms with E-state index >= 15 is 0 Å². The molecule has 9 nitrogen and oxygen atoms in total. The summed E-state index contributed by atoms with van der Waals surface area (Å²) in [5.74, 6) is -1.97. The zero-order valence-corrected chi connectivity index (χ0v) is 60.4. The number of carbonyl (C=O) groups excluding carboxylic acids is 2. The molecule has 0 rings (SSSR count). The molecule has 1 N–H and O–H groups in total. The van der Waals surface area contributed by atoms with Gasteiger partial charge in [0, 0.05) is 12.8 Å². The highest BCUT2D eigenvalue weighted by Gasteiger charge is 2.25. The first-order valence-corrected chi connectivity index (χ1v) is 39.5. The number of likely N-dealkylation sites (N-methyl/N-ethyl adjacent to an activating group) is 1. The molecule has 0 bridgehead atoms. The molecule has 0 aromatic rings. The van der Waals surface area contributed by atoms with Crippen LogP contribution < -0.4 is 0 Å². The Morgan fingerprint density at radius 1 is 0.337 bits per heavy atom. The Morgan fingerprint density at radius 2 is 0.607 bits per heavy atom. The number of hydrogen-bond donors (Lipinski definition) is 1. The number of allylic oxidation sites excluding steroid dienone is 4. The van der Waals surface area contributed by atoms with Crippen LogP contribution in [0.1, 0.15) is 412 Å². The zero-order chi connectivity index (χ0) is 64.7. The molecular formula is C80H154NO8+. The number of carbonyl (C=O) groups is 3. The minimum atomic E-state index is -1.51. The van der Waals surface area contributed by atoms with Crippen molar-refractivity contribution in [1.82, 2.24) is 0 Å². The molecule has 0 fully saturated rings. The van der Waals surface area contributed by atoms with E-state index in [-0.39, 0.29) is 38.2 Å². The van der Waals surface area contributed by atoms with E-state index in [9.17, 15) is 19.5 Å². The highest BCUT2D eigenvalue weighted by molar-refractivity contribution is 5.71. The fraction of sp³-hybridized carbons (Fsp3) is 0.912. The summed E-state index contributed by atoms with van der Waals surface area (Å²) in [6.07, 6.45) is 87.7. The lowest BCUT2D eigenvalue weighted by Gasteiger charge is -2.25. The number of nitrogens with zero attached hydrogens (tertiary/aromatic N) is 1. The van der Waals surface area contributed by atoms with Crippen molar-refractivity contribution in [2.24, 2.45) is 0 Å². The van der Waals surface area contributed by atoms with Crippen molar-refractivity contribution in [2.75, 3.05) is 47.5 Å². The summed E-state index contributed by atoms with van der Waals surface area (Å²) < 4.78 is 23.1. The molecule has 0 spiro atoms. The zero-order valence-electron chi connectivity index (χ0n) is 60.4. The molecule has 0 aliphatic carbocycles. The van der Waals surface area contributed by atoms with Gasteiger partial charge in [0.2, 0.25) is 0 Å². The van der Waals surface area contributed by atoms with Gasteiger partial charge in [-0.1, -0.05) is 378 Å². The maximum Gasteiger partial charge on any atom is 0.361 e. The number of carboxylic acid groups (broad SMARTS) is 1. The van der Waals surface area contributed by atoms with Crippen LogP contribution in [0.3, 0.4) is 0 Å². The van der Waals surface area contributed by atoms with E-state index < -0.39 is 18.4 Å². The van der Waals surface area contributed by atoms with Crippen LogP contribution in [0.25, 0.3) is 0 Å². The van der Waals surface area contributed by atoms with E-state index in [4.69, 9.17) is 18.9 Å². The van der Waals surface area contributed by atoms with Crippen LogP contribution in [0, 0.1) is 0 Å². The van der Waals surface area contributed by atoms with Gasteiger partial charge in [0.05, 0.1) is 34.4 Å². The second-order valence-electron chi connectivity index (χ2n) is 28.4. The predicted octanol–water partition coefficient (Wildman–Crippen LogP) is 24.9. The van der Waals surface area contributed by atoms with Crippen LogP contribution in [0.2, 0.25) is 0 Å². The van der Waals surface area contributed by atoms with Gasteiger partial charge in [-0.25, -0.2) is 4.79 Å². The van der Waals surface area contributed by atoms with Crippen molar-refractivity contribution >= 4 is 17.9 Å². The van der Waals surface area contributed by atoms with Crippen molar-refractivity contribution in [3.05, 3.63) is 24.3 Å². The minimum absolute atomic E-state index is 0.175. The first-order valence-electron chi connectivity index (χ1n) is 39.5. The summed E-state index contributed by atoms with van der Waals surface area (Å²) in [5.41, 5.74) is 0. The van der Waals surface area contributed by atoms with Gasteiger partial charge in [0.1, 0.15) is 13.2 Å². The quantitative estimate of drug-likeness (QED) is 0.0211. The maximum absolute atomic E-state index is 13.0. The normalized spacial score (nSPS) is 12.7. The van der Waals surface area contributed by atoms with Gasteiger partial charge in [0.25, 0.3) is 6.29 Å². The molecule has 89 heavy (non-hydrogen) atoms. The Balaban J connectivity index is 3.95. The largest absolute Gasteiger partial charge is 0.477 e. The summed E-state index contributed by atoms with van der Waals surface area (Å²) in [6, 6.07) is 0. The number of rotatable bonds is 75. The Hall–Kier alpha value is -2.23.